The summed E-state index contributed by atoms with van der Waals surface area (Å²) in [7, 11) is 0. The maximum atomic E-state index is 14.7. The van der Waals surface area contributed by atoms with Crippen molar-refractivity contribution < 1.29 is 9.50 Å². The first-order chi connectivity index (χ1) is 12.7. The lowest BCUT2D eigenvalue weighted by molar-refractivity contribution is -0.0875. The molecule has 6 heteroatoms. The highest BCUT2D eigenvalue weighted by atomic mass is 35.5. The predicted molar refractivity (Wildman–Crippen MR) is 108 cm³/mol. The van der Waals surface area contributed by atoms with Crippen molar-refractivity contribution in [2.24, 2.45) is 0 Å². The van der Waals surface area contributed by atoms with Crippen molar-refractivity contribution in [2.45, 2.75) is 31.9 Å². The highest BCUT2D eigenvalue weighted by Crippen LogP contribution is 2.40. The van der Waals surface area contributed by atoms with Gasteiger partial charge in [-0.15, -0.1) is 0 Å². The molecule has 2 heterocycles. The second-order valence-electron chi connectivity index (χ2n) is 8.11. The summed E-state index contributed by atoms with van der Waals surface area (Å²) in [6.07, 6.45) is 0. The summed E-state index contributed by atoms with van der Waals surface area (Å²) in [6.45, 7) is 7.03. The highest BCUT2D eigenvalue weighted by Gasteiger charge is 2.37. The zero-order valence-corrected chi connectivity index (χ0v) is 17.0. The third-order valence-electron chi connectivity index (χ3n) is 5.56. The molecule has 2 aliphatic heterocycles. The average molecular weight is 409 g/mol. The van der Waals surface area contributed by atoms with Gasteiger partial charge < -0.3 is 10.0 Å². The minimum atomic E-state index is -0.639. The minimum absolute atomic E-state index is 0.161. The van der Waals surface area contributed by atoms with Crippen LogP contribution in [0.2, 0.25) is 10.0 Å². The number of aryl methyl sites for hydroxylation is 1. The molecule has 0 bridgehead atoms. The number of hydrogen-bond acceptors (Lipinski definition) is 3. The molecule has 2 aromatic rings. The van der Waals surface area contributed by atoms with Crippen LogP contribution in [0.1, 0.15) is 29.5 Å². The molecule has 4 rings (SSSR count). The van der Waals surface area contributed by atoms with Crippen LogP contribution in [0.25, 0.3) is 0 Å². The SMILES string of the molecule is Cc1cc(C2CN(c3c(Cl)cccc3Cl)C2)cc(F)c1CN1CC(C)(O)C1. The van der Waals surface area contributed by atoms with Crippen molar-refractivity contribution in [3.8, 4) is 0 Å². The summed E-state index contributed by atoms with van der Waals surface area (Å²) in [5, 5.41) is 11.1. The lowest BCUT2D eigenvalue weighted by Crippen LogP contribution is -2.59. The Labute approximate surface area is 169 Å². The molecule has 0 unspecified atom stereocenters. The van der Waals surface area contributed by atoms with Crippen LogP contribution in [0, 0.1) is 12.7 Å². The standard InChI is InChI=1S/C21H23Cl2FN2O/c1-13-6-14(7-19(24)16(13)10-25-11-21(2,27)12-25)15-8-26(9-15)20-17(22)4-3-5-18(20)23/h3-7,15,27H,8-12H2,1-2H3. The van der Waals surface area contributed by atoms with Gasteiger partial charge in [-0.25, -0.2) is 4.39 Å². The summed E-state index contributed by atoms with van der Waals surface area (Å²) in [5.41, 5.74) is 2.92. The van der Waals surface area contributed by atoms with Gasteiger partial charge in [-0.1, -0.05) is 35.3 Å². The summed E-state index contributed by atoms with van der Waals surface area (Å²) in [5.74, 6) is 0.107. The van der Waals surface area contributed by atoms with Gasteiger partial charge in [0.15, 0.2) is 0 Å². The molecule has 3 nitrogen and oxygen atoms in total. The molecule has 0 spiro atoms. The van der Waals surface area contributed by atoms with Gasteiger partial charge in [0.05, 0.1) is 21.3 Å². The topological polar surface area (TPSA) is 26.7 Å². The largest absolute Gasteiger partial charge is 0.388 e. The van der Waals surface area contributed by atoms with Crippen LogP contribution >= 0.6 is 23.2 Å². The van der Waals surface area contributed by atoms with Crippen LogP contribution < -0.4 is 4.90 Å². The molecule has 2 aliphatic rings. The van der Waals surface area contributed by atoms with Gasteiger partial charge in [0.25, 0.3) is 0 Å². The fourth-order valence-corrected chi connectivity index (χ4v) is 4.79. The highest BCUT2D eigenvalue weighted by molar-refractivity contribution is 6.39. The fraction of sp³-hybridized carbons (Fsp3) is 0.429. The van der Waals surface area contributed by atoms with E-state index in [2.05, 4.69) is 15.9 Å². The monoisotopic (exact) mass is 408 g/mol. The molecule has 0 radical (unpaired) electrons. The van der Waals surface area contributed by atoms with E-state index in [1.54, 1.807) is 6.07 Å². The van der Waals surface area contributed by atoms with Crippen molar-refractivity contribution in [1.29, 1.82) is 0 Å². The Kier molecular flexibility index (Phi) is 4.88. The Morgan fingerprint density at radius 3 is 2.37 bits per heavy atom. The van der Waals surface area contributed by atoms with E-state index in [0.29, 0.717) is 29.7 Å². The van der Waals surface area contributed by atoms with Crippen molar-refractivity contribution in [3.05, 3.63) is 62.9 Å². The number of rotatable bonds is 4. The first kappa shape index (κ1) is 19.0. The van der Waals surface area contributed by atoms with E-state index in [1.165, 1.54) is 0 Å². The number of hydrogen-bond donors (Lipinski definition) is 1. The van der Waals surface area contributed by atoms with Gasteiger partial charge in [0.2, 0.25) is 0 Å². The maximum absolute atomic E-state index is 14.7. The van der Waals surface area contributed by atoms with Crippen LogP contribution in [0.5, 0.6) is 0 Å². The molecule has 144 valence electrons. The predicted octanol–water partition coefficient (Wildman–Crippen LogP) is 4.61. The van der Waals surface area contributed by atoms with Crippen LogP contribution in [0.3, 0.4) is 0 Å². The number of para-hydroxylation sites is 1. The number of nitrogens with zero attached hydrogens (tertiary/aromatic N) is 2. The fourth-order valence-electron chi connectivity index (χ4n) is 4.15. The van der Waals surface area contributed by atoms with Gasteiger partial charge in [-0.3, -0.25) is 4.90 Å². The lowest BCUT2D eigenvalue weighted by atomic mass is 9.88. The Morgan fingerprint density at radius 1 is 1.19 bits per heavy atom. The van der Waals surface area contributed by atoms with E-state index >= 15 is 0 Å². The minimum Gasteiger partial charge on any atom is -0.388 e. The molecule has 27 heavy (non-hydrogen) atoms. The molecule has 0 amide bonds. The molecular formula is C21H23Cl2FN2O. The van der Waals surface area contributed by atoms with Crippen LogP contribution in [-0.4, -0.2) is 41.8 Å². The Hall–Kier alpha value is -1.33. The van der Waals surface area contributed by atoms with Gasteiger partial charge in [0.1, 0.15) is 5.82 Å². The summed E-state index contributed by atoms with van der Waals surface area (Å²) in [4.78, 5) is 4.20. The number of likely N-dealkylation sites (tertiary alicyclic amines) is 1. The van der Waals surface area contributed by atoms with Crippen molar-refractivity contribution in [1.82, 2.24) is 4.90 Å². The Balaban J connectivity index is 1.45. The Bertz CT molecular complexity index is 829. The molecule has 0 saturated carbocycles. The second kappa shape index (κ2) is 6.93. The molecular weight excluding hydrogens is 386 g/mol. The molecule has 2 aromatic carbocycles. The van der Waals surface area contributed by atoms with E-state index in [9.17, 15) is 9.50 Å². The van der Waals surface area contributed by atoms with Crippen molar-refractivity contribution in [2.75, 3.05) is 31.1 Å². The summed E-state index contributed by atoms with van der Waals surface area (Å²) >= 11 is 12.6. The number of halogens is 3. The van der Waals surface area contributed by atoms with Gasteiger partial charge in [-0.05, 0) is 43.2 Å². The molecule has 2 saturated heterocycles. The van der Waals surface area contributed by atoms with E-state index in [1.807, 2.05) is 32.0 Å². The zero-order valence-electron chi connectivity index (χ0n) is 15.5. The van der Waals surface area contributed by atoms with Crippen LogP contribution in [0.15, 0.2) is 30.3 Å². The molecule has 1 N–H and O–H groups in total. The average Bonchev–Trinajstić information content (AvgIpc) is 2.50. The van der Waals surface area contributed by atoms with Crippen molar-refractivity contribution >= 4 is 28.9 Å². The molecule has 0 aliphatic carbocycles. The van der Waals surface area contributed by atoms with Gasteiger partial charge in [0, 0.05) is 44.2 Å². The maximum Gasteiger partial charge on any atom is 0.128 e. The zero-order chi connectivity index (χ0) is 19.3. The molecule has 0 aromatic heterocycles. The first-order valence-electron chi connectivity index (χ1n) is 9.16. The lowest BCUT2D eigenvalue weighted by Gasteiger charge is -2.44. The number of aliphatic hydroxyl groups is 1. The number of benzene rings is 2. The van der Waals surface area contributed by atoms with Crippen LogP contribution in [0.4, 0.5) is 10.1 Å². The van der Waals surface area contributed by atoms with E-state index in [4.69, 9.17) is 23.2 Å². The first-order valence-corrected chi connectivity index (χ1v) is 9.92. The third-order valence-corrected chi connectivity index (χ3v) is 6.17. The van der Waals surface area contributed by atoms with E-state index < -0.39 is 5.60 Å². The second-order valence-corrected chi connectivity index (χ2v) is 8.93. The summed E-state index contributed by atoms with van der Waals surface area (Å²) < 4.78 is 14.7. The quantitative estimate of drug-likeness (QED) is 0.799. The van der Waals surface area contributed by atoms with Gasteiger partial charge in [-0.2, -0.15) is 0 Å². The van der Waals surface area contributed by atoms with E-state index in [-0.39, 0.29) is 11.7 Å². The van der Waals surface area contributed by atoms with Crippen LogP contribution in [-0.2, 0) is 6.54 Å². The number of anilines is 1. The smallest absolute Gasteiger partial charge is 0.128 e. The van der Waals surface area contributed by atoms with Crippen molar-refractivity contribution in [3.63, 3.8) is 0 Å². The normalized spacial score (nSPS) is 19.7. The van der Waals surface area contributed by atoms with Gasteiger partial charge >= 0.3 is 0 Å². The Morgan fingerprint density at radius 2 is 1.81 bits per heavy atom. The summed E-state index contributed by atoms with van der Waals surface area (Å²) in [6, 6.07) is 9.26. The molecule has 2 fully saturated rings. The molecule has 0 atom stereocenters. The van der Waals surface area contributed by atoms with E-state index in [0.717, 1.165) is 35.5 Å². The third kappa shape index (κ3) is 3.68. The number of β-amino-alcohol motifs (C(OH)–C–C–N with tert-alkyl or cyclic N) is 1.